The number of rotatable bonds is 6. The fourth-order valence-electron chi connectivity index (χ4n) is 1.86. The van der Waals surface area contributed by atoms with Crippen LogP contribution in [0.4, 0.5) is 4.79 Å². The highest BCUT2D eigenvalue weighted by atomic mass is 32.2. The first-order valence-electron chi connectivity index (χ1n) is 7.10. The summed E-state index contributed by atoms with van der Waals surface area (Å²) >= 11 is 0.954. The second-order valence-corrected chi connectivity index (χ2v) is 6.35. The van der Waals surface area contributed by atoms with Gasteiger partial charge in [-0.1, -0.05) is 32.1 Å². The molecule has 0 unspecified atom stereocenters. The van der Waals surface area contributed by atoms with Crippen molar-refractivity contribution in [1.82, 2.24) is 4.90 Å². The van der Waals surface area contributed by atoms with Gasteiger partial charge in [-0.15, -0.1) is 6.58 Å². The minimum absolute atomic E-state index is 0.240. The zero-order valence-corrected chi connectivity index (χ0v) is 13.6. The number of benzene rings is 1. The Hall–Kier alpha value is -2.01. The molecule has 0 bridgehead atoms. The van der Waals surface area contributed by atoms with Crippen molar-refractivity contribution >= 4 is 29.0 Å². The van der Waals surface area contributed by atoms with Crippen LogP contribution < -0.4 is 4.74 Å². The summed E-state index contributed by atoms with van der Waals surface area (Å²) in [6, 6.07) is 7.47. The van der Waals surface area contributed by atoms with Crippen molar-refractivity contribution in [3.8, 4) is 5.75 Å². The van der Waals surface area contributed by atoms with Gasteiger partial charge in [0.05, 0.1) is 11.5 Å². The van der Waals surface area contributed by atoms with Gasteiger partial charge in [0.25, 0.3) is 11.1 Å². The molecule has 5 heteroatoms. The summed E-state index contributed by atoms with van der Waals surface area (Å²) in [6.45, 7) is 8.64. The van der Waals surface area contributed by atoms with Crippen molar-refractivity contribution in [1.29, 1.82) is 0 Å². The van der Waals surface area contributed by atoms with Crippen LogP contribution in [0, 0.1) is 5.92 Å². The molecule has 1 aromatic carbocycles. The van der Waals surface area contributed by atoms with Gasteiger partial charge >= 0.3 is 0 Å². The van der Waals surface area contributed by atoms with Crippen LogP contribution in [0.5, 0.6) is 5.75 Å². The van der Waals surface area contributed by atoms with Crippen LogP contribution in [0.3, 0.4) is 0 Å². The summed E-state index contributed by atoms with van der Waals surface area (Å²) in [5.41, 5.74) is 0.862. The van der Waals surface area contributed by atoms with E-state index in [-0.39, 0.29) is 17.7 Å². The van der Waals surface area contributed by atoms with Gasteiger partial charge in [0, 0.05) is 6.54 Å². The highest BCUT2D eigenvalue weighted by Crippen LogP contribution is 2.32. The van der Waals surface area contributed by atoms with Gasteiger partial charge in [-0.25, -0.2) is 0 Å². The van der Waals surface area contributed by atoms with Crippen molar-refractivity contribution in [2.75, 3.05) is 13.2 Å². The van der Waals surface area contributed by atoms with Crippen LogP contribution in [-0.2, 0) is 4.79 Å². The monoisotopic (exact) mass is 317 g/mol. The molecular weight excluding hydrogens is 298 g/mol. The number of thioether (sulfide) groups is 1. The summed E-state index contributed by atoms with van der Waals surface area (Å²) in [5, 5.41) is -0.256. The molecule has 2 rings (SSSR count). The van der Waals surface area contributed by atoms with Gasteiger partial charge in [-0.2, -0.15) is 0 Å². The third-order valence-electron chi connectivity index (χ3n) is 2.95. The van der Waals surface area contributed by atoms with Crippen LogP contribution in [0.15, 0.2) is 41.8 Å². The Morgan fingerprint density at radius 3 is 2.55 bits per heavy atom. The van der Waals surface area contributed by atoms with E-state index in [1.807, 2.05) is 24.3 Å². The predicted molar refractivity (Wildman–Crippen MR) is 89.6 cm³/mol. The summed E-state index contributed by atoms with van der Waals surface area (Å²) in [5.74, 6) is 0.997. The van der Waals surface area contributed by atoms with E-state index < -0.39 is 0 Å². The summed E-state index contributed by atoms with van der Waals surface area (Å²) in [7, 11) is 0. The molecule has 1 aromatic rings. The van der Waals surface area contributed by atoms with E-state index in [0.717, 1.165) is 23.1 Å². The number of hydrogen-bond donors (Lipinski definition) is 0. The van der Waals surface area contributed by atoms with Gasteiger partial charge < -0.3 is 4.74 Å². The number of carbonyl (C=O) groups is 2. The standard InChI is InChI=1S/C17H19NO3S/c1-4-9-18-16(19)15(22-17(18)20)10-13-5-7-14(8-6-13)21-11-12(2)3/h4-8,10,12H,1,9,11H2,2-3H3/b15-10-. The first-order valence-corrected chi connectivity index (χ1v) is 7.92. The van der Waals surface area contributed by atoms with Crippen molar-refractivity contribution in [3.05, 3.63) is 47.4 Å². The van der Waals surface area contributed by atoms with Crippen molar-refractivity contribution in [2.45, 2.75) is 13.8 Å². The van der Waals surface area contributed by atoms with Crippen LogP contribution in [-0.4, -0.2) is 29.2 Å². The van der Waals surface area contributed by atoms with E-state index in [9.17, 15) is 9.59 Å². The molecule has 1 aliphatic heterocycles. The molecule has 0 N–H and O–H groups in total. The lowest BCUT2D eigenvalue weighted by molar-refractivity contribution is -0.122. The largest absolute Gasteiger partial charge is 0.493 e. The molecule has 1 heterocycles. The fourth-order valence-corrected chi connectivity index (χ4v) is 2.71. The normalized spacial score (nSPS) is 16.7. The summed E-state index contributed by atoms with van der Waals surface area (Å²) in [6.07, 6.45) is 3.26. The highest BCUT2D eigenvalue weighted by Gasteiger charge is 2.33. The Labute approximate surface area is 134 Å². The average Bonchev–Trinajstić information content (AvgIpc) is 2.74. The third-order valence-corrected chi connectivity index (χ3v) is 3.85. The van der Waals surface area contributed by atoms with Gasteiger partial charge in [0.2, 0.25) is 0 Å². The molecule has 22 heavy (non-hydrogen) atoms. The number of imide groups is 1. The topological polar surface area (TPSA) is 46.6 Å². The van der Waals surface area contributed by atoms with Crippen molar-refractivity contribution in [3.63, 3.8) is 0 Å². The summed E-state index contributed by atoms with van der Waals surface area (Å²) in [4.78, 5) is 25.5. The quantitative estimate of drug-likeness (QED) is 0.589. The van der Waals surface area contributed by atoms with Gasteiger partial charge in [0.1, 0.15) is 5.75 Å². The first-order chi connectivity index (χ1) is 10.5. The molecule has 2 amide bonds. The Morgan fingerprint density at radius 1 is 1.27 bits per heavy atom. The Bertz CT molecular complexity index is 605. The molecular formula is C17H19NO3S. The molecule has 1 aliphatic rings. The number of ether oxygens (including phenoxy) is 1. The van der Waals surface area contributed by atoms with E-state index in [1.54, 1.807) is 12.2 Å². The maximum Gasteiger partial charge on any atom is 0.293 e. The molecule has 0 aliphatic carbocycles. The maximum atomic E-state index is 12.1. The van der Waals surface area contributed by atoms with Gasteiger partial charge in [0.15, 0.2) is 0 Å². The van der Waals surface area contributed by atoms with Crippen molar-refractivity contribution < 1.29 is 14.3 Å². The smallest absolute Gasteiger partial charge is 0.293 e. The Balaban J connectivity index is 2.08. The summed E-state index contributed by atoms with van der Waals surface area (Å²) < 4.78 is 5.61. The maximum absolute atomic E-state index is 12.1. The zero-order valence-electron chi connectivity index (χ0n) is 12.7. The number of carbonyl (C=O) groups excluding carboxylic acids is 2. The third kappa shape index (κ3) is 4.01. The van der Waals surface area contributed by atoms with Gasteiger partial charge in [-0.05, 0) is 41.5 Å². The molecule has 0 spiro atoms. The molecule has 0 saturated carbocycles. The minimum atomic E-state index is -0.268. The fraction of sp³-hybridized carbons (Fsp3) is 0.294. The van der Waals surface area contributed by atoms with Crippen LogP contribution in [0.25, 0.3) is 6.08 Å². The SMILES string of the molecule is C=CCN1C(=O)S/C(=C\c2ccc(OCC(C)C)cc2)C1=O. The van der Waals surface area contributed by atoms with Gasteiger partial charge in [-0.3, -0.25) is 14.5 Å². The molecule has 4 nitrogen and oxygen atoms in total. The van der Waals surface area contributed by atoms with Crippen molar-refractivity contribution in [2.24, 2.45) is 5.92 Å². The molecule has 1 saturated heterocycles. The molecule has 0 aromatic heterocycles. The predicted octanol–water partition coefficient (Wildman–Crippen LogP) is 3.94. The van der Waals surface area contributed by atoms with E-state index in [4.69, 9.17) is 4.74 Å². The Morgan fingerprint density at radius 2 is 1.95 bits per heavy atom. The Kier molecular flexibility index (Phi) is 5.44. The second kappa shape index (κ2) is 7.31. The first kappa shape index (κ1) is 16.4. The highest BCUT2D eigenvalue weighted by molar-refractivity contribution is 8.18. The lowest BCUT2D eigenvalue weighted by Gasteiger charge is -2.08. The van der Waals surface area contributed by atoms with Crippen LogP contribution >= 0.6 is 11.8 Å². The zero-order chi connectivity index (χ0) is 16.1. The number of hydrogen-bond acceptors (Lipinski definition) is 4. The number of nitrogens with zero attached hydrogens (tertiary/aromatic N) is 1. The van der Waals surface area contributed by atoms with Crippen LogP contribution in [0.2, 0.25) is 0 Å². The van der Waals surface area contributed by atoms with E-state index in [0.29, 0.717) is 17.4 Å². The van der Waals surface area contributed by atoms with Crippen LogP contribution in [0.1, 0.15) is 19.4 Å². The van der Waals surface area contributed by atoms with E-state index in [1.165, 1.54) is 4.90 Å². The lowest BCUT2D eigenvalue weighted by Crippen LogP contribution is -2.27. The minimum Gasteiger partial charge on any atom is -0.493 e. The molecule has 116 valence electrons. The molecule has 0 radical (unpaired) electrons. The lowest BCUT2D eigenvalue weighted by atomic mass is 10.2. The average molecular weight is 317 g/mol. The second-order valence-electron chi connectivity index (χ2n) is 5.35. The van der Waals surface area contributed by atoms with E-state index >= 15 is 0 Å². The molecule has 0 atom stereocenters. The number of amides is 2. The van der Waals surface area contributed by atoms with E-state index in [2.05, 4.69) is 20.4 Å². The molecule has 1 fully saturated rings.